The summed E-state index contributed by atoms with van der Waals surface area (Å²) in [7, 11) is 0. The number of nitrogens with zero attached hydrogens (tertiary/aromatic N) is 2. The number of hydrogen-bond donors (Lipinski definition) is 1. The number of rotatable bonds is 6. The molecule has 0 radical (unpaired) electrons. The summed E-state index contributed by atoms with van der Waals surface area (Å²) < 4.78 is 6.57. The van der Waals surface area contributed by atoms with Crippen LogP contribution >= 0.6 is 27.5 Å². The standard InChI is InChI=1S/C24H15BrClN3O6/c25-16-4-7-18(8-5-16)28-23(31)20(22(30)27-24(28)32)12-15-11-17(26)6-9-21(15)35-13-14-2-1-3-19(10-14)29(33)34/h1-12H,13H2,(H,27,30,32)/b20-12+. The number of nitro benzene ring substituents is 1. The molecule has 11 heteroatoms. The third-order valence-electron chi connectivity index (χ3n) is 4.97. The summed E-state index contributed by atoms with van der Waals surface area (Å²) in [5.41, 5.74) is 0.766. The predicted octanol–water partition coefficient (Wildman–Crippen LogP) is 5.26. The molecule has 0 bridgehead atoms. The zero-order valence-corrected chi connectivity index (χ0v) is 20.1. The van der Waals surface area contributed by atoms with Gasteiger partial charge in [-0.15, -0.1) is 0 Å². The largest absolute Gasteiger partial charge is 0.488 e. The number of halogens is 2. The van der Waals surface area contributed by atoms with Gasteiger partial charge >= 0.3 is 6.03 Å². The van der Waals surface area contributed by atoms with Crippen LogP contribution in [0.2, 0.25) is 5.02 Å². The molecule has 1 aliphatic rings. The molecule has 0 aliphatic carbocycles. The van der Waals surface area contributed by atoms with Crippen molar-refractivity contribution in [1.82, 2.24) is 5.32 Å². The van der Waals surface area contributed by atoms with Gasteiger partial charge < -0.3 is 4.74 Å². The van der Waals surface area contributed by atoms with Crippen molar-refractivity contribution in [3.05, 3.63) is 103 Å². The zero-order chi connectivity index (χ0) is 25.1. The van der Waals surface area contributed by atoms with Crippen LogP contribution in [0.15, 0.2) is 76.8 Å². The van der Waals surface area contributed by atoms with Gasteiger partial charge in [0.25, 0.3) is 17.5 Å². The number of amides is 4. The normalized spacial score (nSPS) is 14.7. The molecular formula is C24H15BrClN3O6. The third-order valence-corrected chi connectivity index (χ3v) is 5.74. The van der Waals surface area contributed by atoms with Crippen LogP contribution in [0.4, 0.5) is 16.2 Å². The fourth-order valence-corrected chi connectivity index (χ4v) is 3.77. The van der Waals surface area contributed by atoms with E-state index in [4.69, 9.17) is 16.3 Å². The molecule has 0 atom stereocenters. The second kappa shape index (κ2) is 10.1. The number of anilines is 1. The first-order chi connectivity index (χ1) is 16.7. The highest BCUT2D eigenvalue weighted by molar-refractivity contribution is 9.10. The topological polar surface area (TPSA) is 119 Å². The minimum atomic E-state index is -0.868. The van der Waals surface area contributed by atoms with Crippen LogP contribution in [-0.4, -0.2) is 22.8 Å². The summed E-state index contributed by atoms with van der Waals surface area (Å²) in [4.78, 5) is 49.4. The van der Waals surface area contributed by atoms with Crippen LogP contribution in [0, 0.1) is 10.1 Å². The monoisotopic (exact) mass is 555 g/mol. The van der Waals surface area contributed by atoms with Crippen LogP contribution in [0.3, 0.4) is 0 Å². The third kappa shape index (κ3) is 5.39. The van der Waals surface area contributed by atoms with Gasteiger partial charge in [0.05, 0.1) is 10.6 Å². The number of urea groups is 1. The van der Waals surface area contributed by atoms with Gasteiger partial charge in [-0.25, -0.2) is 9.69 Å². The van der Waals surface area contributed by atoms with E-state index < -0.39 is 22.8 Å². The number of nitro groups is 1. The Balaban J connectivity index is 1.65. The van der Waals surface area contributed by atoms with E-state index in [1.807, 2.05) is 0 Å². The minimum Gasteiger partial charge on any atom is -0.488 e. The van der Waals surface area contributed by atoms with Gasteiger partial charge in [-0.05, 0) is 54.1 Å². The lowest BCUT2D eigenvalue weighted by Gasteiger charge is -2.26. The smallest absolute Gasteiger partial charge is 0.335 e. The molecule has 9 nitrogen and oxygen atoms in total. The van der Waals surface area contributed by atoms with Crippen molar-refractivity contribution >= 4 is 62.8 Å². The zero-order valence-electron chi connectivity index (χ0n) is 17.7. The highest BCUT2D eigenvalue weighted by Crippen LogP contribution is 2.29. The van der Waals surface area contributed by atoms with Crippen molar-refractivity contribution in [3.8, 4) is 5.75 Å². The van der Waals surface area contributed by atoms with Crippen molar-refractivity contribution in [3.63, 3.8) is 0 Å². The van der Waals surface area contributed by atoms with Gasteiger partial charge in [0, 0.05) is 27.2 Å². The molecular weight excluding hydrogens is 542 g/mol. The van der Waals surface area contributed by atoms with Crippen molar-refractivity contribution in [1.29, 1.82) is 0 Å². The van der Waals surface area contributed by atoms with Crippen LogP contribution in [0.25, 0.3) is 6.08 Å². The Morgan fingerprint density at radius 3 is 2.51 bits per heavy atom. The Bertz CT molecular complexity index is 1390. The average Bonchev–Trinajstić information content (AvgIpc) is 2.82. The molecule has 0 aromatic heterocycles. The number of non-ortho nitro benzene ring substituents is 1. The first-order valence-electron chi connectivity index (χ1n) is 10.1. The van der Waals surface area contributed by atoms with E-state index in [0.717, 1.165) is 9.37 Å². The number of ether oxygens (including phenoxy) is 1. The summed E-state index contributed by atoms with van der Waals surface area (Å²) in [6, 6.07) is 16.1. The molecule has 1 saturated heterocycles. The van der Waals surface area contributed by atoms with Crippen LogP contribution in [0.1, 0.15) is 11.1 Å². The molecule has 1 N–H and O–H groups in total. The predicted molar refractivity (Wildman–Crippen MR) is 132 cm³/mol. The van der Waals surface area contributed by atoms with E-state index in [0.29, 0.717) is 16.1 Å². The molecule has 176 valence electrons. The Hall–Kier alpha value is -4.02. The van der Waals surface area contributed by atoms with Crippen molar-refractivity contribution < 1.29 is 24.0 Å². The van der Waals surface area contributed by atoms with Crippen LogP contribution < -0.4 is 15.0 Å². The molecule has 1 fully saturated rings. The van der Waals surface area contributed by atoms with Crippen LogP contribution in [-0.2, 0) is 16.2 Å². The van der Waals surface area contributed by atoms with Crippen molar-refractivity contribution in [2.24, 2.45) is 0 Å². The second-order valence-corrected chi connectivity index (χ2v) is 8.68. The first kappa shape index (κ1) is 24.1. The molecule has 35 heavy (non-hydrogen) atoms. The van der Waals surface area contributed by atoms with Gasteiger partial charge in [0.15, 0.2) is 0 Å². The number of carbonyl (C=O) groups excluding carboxylic acids is 3. The lowest BCUT2D eigenvalue weighted by molar-refractivity contribution is -0.384. The fourth-order valence-electron chi connectivity index (χ4n) is 3.32. The molecule has 3 aromatic rings. The summed E-state index contributed by atoms with van der Waals surface area (Å²) in [5, 5.41) is 13.5. The van der Waals surface area contributed by atoms with Gasteiger partial charge in [-0.1, -0.05) is 39.7 Å². The Morgan fingerprint density at radius 1 is 1.06 bits per heavy atom. The highest BCUT2D eigenvalue weighted by Gasteiger charge is 2.37. The van der Waals surface area contributed by atoms with Gasteiger partial charge in [-0.3, -0.25) is 25.0 Å². The van der Waals surface area contributed by atoms with E-state index in [-0.39, 0.29) is 29.3 Å². The number of imide groups is 2. The minimum absolute atomic E-state index is 0.0108. The average molecular weight is 557 g/mol. The van der Waals surface area contributed by atoms with E-state index in [9.17, 15) is 24.5 Å². The number of barbiturate groups is 1. The number of hydrogen-bond acceptors (Lipinski definition) is 6. The van der Waals surface area contributed by atoms with Crippen molar-refractivity contribution in [2.75, 3.05) is 4.90 Å². The number of nitrogens with one attached hydrogen (secondary N) is 1. The summed E-state index contributed by atoms with van der Waals surface area (Å²) in [6.07, 6.45) is 1.28. The molecule has 0 spiro atoms. The lowest BCUT2D eigenvalue weighted by Crippen LogP contribution is -2.54. The van der Waals surface area contributed by atoms with Gasteiger partial charge in [0.2, 0.25) is 0 Å². The number of benzene rings is 3. The SMILES string of the molecule is O=C1NC(=O)N(c2ccc(Br)cc2)C(=O)/C1=C/c1cc(Cl)ccc1OCc1cccc([N+](=O)[O-])c1. The number of carbonyl (C=O) groups is 3. The molecule has 0 saturated carbocycles. The molecule has 0 unspecified atom stereocenters. The second-order valence-electron chi connectivity index (χ2n) is 7.33. The maximum Gasteiger partial charge on any atom is 0.335 e. The molecule has 3 aromatic carbocycles. The van der Waals surface area contributed by atoms with Gasteiger partial charge in [-0.2, -0.15) is 0 Å². The Labute approximate surface area is 212 Å². The van der Waals surface area contributed by atoms with Crippen molar-refractivity contribution in [2.45, 2.75) is 6.61 Å². The Kier molecular flexibility index (Phi) is 6.94. The molecule has 1 heterocycles. The summed E-state index contributed by atoms with van der Waals surface area (Å²) in [5.74, 6) is -1.40. The van der Waals surface area contributed by atoms with Gasteiger partial charge in [0.1, 0.15) is 17.9 Å². The molecule has 4 rings (SSSR count). The lowest BCUT2D eigenvalue weighted by atomic mass is 10.1. The molecule has 4 amide bonds. The highest BCUT2D eigenvalue weighted by atomic mass is 79.9. The summed E-state index contributed by atoms with van der Waals surface area (Å²) >= 11 is 9.42. The van der Waals surface area contributed by atoms with E-state index >= 15 is 0 Å². The maximum atomic E-state index is 13.1. The fraction of sp³-hybridized carbons (Fsp3) is 0.0417. The maximum absolute atomic E-state index is 13.1. The van der Waals surface area contributed by atoms with E-state index in [1.165, 1.54) is 24.3 Å². The van der Waals surface area contributed by atoms with E-state index in [2.05, 4.69) is 21.2 Å². The molecule has 1 aliphatic heterocycles. The van der Waals surface area contributed by atoms with E-state index in [1.54, 1.807) is 48.5 Å². The van der Waals surface area contributed by atoms with Crippen LogP contribution in [0.5, 0.6) is 5.75 Å². The first-order valence-corrected chi connectivity index (χ1v) is 11.2. The Morgan fingerprint density at radius 2 is 1.80 bits per heavy atom. The quantitative estimate of drug-likeness (QED) is 0.192. The summed E-state index contributed by atoms with van der Waals surface area (Å²) in [6.45, 7) is -0.0108.